The second-order valence-electron chi connectivity index (χ2n) is 6.18. The molecular weight excluding hydrogens is 300 g/mol. The van der Waals surface area contributed by atoms with Crippen molar-refractivity contribution in [3.8, 4) is 0 Å². The van der Waals surface area contributed by atoms with E-state index in [1.807, 2.05) is 0 Å². The summed E-state index contributed by atoms with van der Waals surface area (Å²) in [5.74, 6) is -0.721. The van der Waals surface area contributed by atoms with Crippen molar-refractivity contribution < 1.29 is 19.5 Å². The van der Waals surface area contributed by atoms with Crippen LogP contribution in [0.1, 0.15) is 25.7 Å². The molecule has 3 rings (SSSR count). The van der Waals surface area contributed by atoms with Gasteiger partial charge >= 0.3 is 5.97 Å². The Morgan fingerprint density at radius 2 is 2.04 bits per heavy atom. The highest BCUT2D eigenvalue weighted by atomic mass is 16.4. The number of likely N-dealkylation sites (tertiary alicyclic amines) is 1. The third-order valence-electron chi connectivity index (χ3n) is 4.22. The Labute approximate surface area is 133 Å². The molecule has 1 unspecified atom stereocenters. The van der Waals surface area contributed by atoms with Gasteiger partial charge in [0.2, 0.25) is 11.8 Å². The molecule has 0 aromatic carbocycles. The van der Waals surface area contributed by atoms with E-state index in [1.165, 1.54) is 10.9 Å². The van der Waals surface area contributed by atoms with E-state index < -0.39 is 5.97 Å². The fraction of sp³-hybridized carbons (Fsp3) is 0.600. The molecule has 0 bridgehead atoms. The van der Waals surface area contributed by atoms with Crippen molar-refractivity contribution in [3.63, 3.8) is 0 Å². The van der Waals surface area contributed by atoms with E-state index in [4.69, 9.17) is 5.11 Å². The summed E-state index contributed by atoms with van der Waals surface area (Å²) < 4.78 is 1.25. The summed E-state index contributed by atoms with van der Waals surface area (Å²) in [5.41, 5.74) is 0. The molecule has 2 heterocycles. The number of carbonyl (C=O) groups excluding carboxylic acids is 2. The smallest absolute Gasteiger partial charge is 0.325 e. The molecule has 124 valence electrons. The van der Waals surface area contributed by atoms with Crippen LogP contribution in [0.5, 0.6) is 0 Å². The number of amides is 2. The van der Waals surface area contributed by atoms with Gasteiger partial charge in [-0.15, -0.1) is 0 Å². The second-order valence-corrected chi connectivity index (χ2v) is 6.18. The first-order valence-corrected chi connectivity index (χ1v) is 7.88. The first-order valence-electron chi connectivity index (χ1n) is 7.88. The lowest BCUT2D eigenvalue weighted by Crippen LogP contribution is -2.44. The molecule has 1 aromatic rings. The normalized spacial score (nSPS) is 21.0. The minimum Gasteiger partial charge on any atom is -0.480 e. The van der Waals surface area contributed by atoms with Crippen LogP contribution in [0.25, 0.3) is 0 Å². The second kappa shape index (κ2) is 6.39. The summed E-state index contributed by atoms with van der Waals surface area (Å²) in [4.78, 5) is 36.9. The van der Waals surface area contributed by atoms with Crippen LogP contribution in [-0.4, -0.2) is 50.7 Å². The molecule has 8 heteroatoms. The summed E-state index contributed by atoms with van der Waals surface area (Å²) in [7, 11) is 0. The van der Waals surface area contributed by atoms with Gasteiger partial charge in [0.15, 0.2) is 5.82 Å². The minimum absolute atomic E-state index is 0.168. The van der Waals surface area contributed by atoms with Gasteiger partial charge in [-0.25, -0.2) is 0 Å². The number of aliphatic carboxylic acids is 1. The first-order chi connectivity index (χ1) is 11.0. The molecule has 23 heavy (non-hydrogen) atoms. The van der Waals surface area contributed by atoms with Crippen LogP contribution in [0.2, 0.25) is 0 Å². The van der Waals surface area contributed by atoms with Crippen LogP contribution in [0, 0.1) is 11.8 Å². The Morgan fingerprint density at radius 3 is 2.74 bits per heavy atom. The van der Waals surface area contributed by atoms with Gasteiger partial charge in [0.25, 0.3) is 0 Å². The number of anilines is 1. The molecule has 2 N–H and O–H groups in total. The lowest BCUT2D eigenvalue weighted by atomic mass is 9.96. The summed E-state index contributed by atoms with van der Waals surface area (Å²) in [6.07, 6.45) is 5.01. The fourth-order valence-corrected chi connectivity index (χ4v) is 2.86. The Balaban J connectivity index is 1.55. The van der Waals surface area contributed by atoms with Crippen LogP contribution in [0.4, 0.5) is 5.82 Å². The summed E-state index contributed by atoms with van der Waals surface area (Å²) in [5, 5.41) is 15.4. The van der Waals surface area contributed by atoms with Gasteiger partial charge in [-0.3, -0.25) is 19.1 Å². The largest absolute Gasteiger partial charge is 0.480 e. The number of aromatic nitrogens is 2. The van der Waals surface area contributed by atoms with Crippen molar-refractivity contribution in [2.45, 2.75) is 32.2 Å². The van der Waals surface area contributed by atoms with Crippen LogP contribution in [0.3, 0.4) is 0 Å². The number of hydrogen-bond donors (Lipinski definition) is 2. The highest BCUT2D eigenvalue weighted by molar-refractivity contribution is 5.92. The average Bonchev–Trinajstić information content (AvgIpc) is 3.29. The zero-order chi connectivity index (χ0) is 16.4. The van der Waals surface area contributed by atoms with E-state index in [1.54, 1.807) is 11.0 Å². The van der Waals surface area contributed by atoms with Crippen molar-refractivity contribution in [1.82, 2.24) is 14.7 Å². The Kier molecular flexibility index (Phi) is 4.31. The van der Waals surface area contributed by atoms with Gasteiger partial charge < -0.3 is 15.3 Å². The molecule has 2 aliphatic rings. The molecule has 8 nitrogen and oxygen atoms in total. The van der Waals surface area contributed by atoms with Gasteiger partial charge in [-0.2, -0.15) is 5.10 Å². The molecule has 1 atom stereocenters. The van der Waals surface area contributed by atoms with Crippen molar-refractivity contribution in [2.24, 2.45) is 11.8 Å². The molecular formula is C15H20N4O4. The Bertz CT molecular complexity index is 623. The maximum Gasteiger partial charge on any atom is 0.325 e. The number of nitrogens with zero attached hydrogens (tertiary/aromatic N) is 3. The van der Waals surface area contributed by atoms with Crippen LogP contribution in [-0.2, 0) is 20.9 Å². The van der Waals surface area contributed by atoms with E-state index in [0.29, 0.717) is 12.4 Å². The SMILES string of the molecule is O=C(O)Cn1ccc(NC(=O)C2CCCN(C(=O)C3CC3)C2)n1. The van der Waals surface area contributed by atoms with Crippen molar-refractivity contribution in [1.29, 1.82) is 0 Å². The maximum absolute atomic E-state index is 12.3. The summed E-state index contributed by atoms with van der Waals surface area (Å²) in [6, 6.07) is 1.57. The minimum atomic E-state index is -0.993. The molecule has 1 aliphatic carbocycles. The number of rotatable bonds is 5. The van der Waals surface area contributed by atoms with Gasteiger partial charge in [0, 0.05) is 31.3 Å². The first kappa shape index (κ1) is 15.5. The number of carboxylic acid groups (broad SMARTS) is 1. The van der Waals surface area contributed by atoms with E-state index >= 15 is 0 Å². The summed E-state index contributed by atoms with van der Waals surface area (Å²) >= 11 is 0. The number of nitrogens with one attached hydrogen (secondary N) is 1. The lowest BCUT2D eigenvalue weighted by Gasteiger charge is -2.32. The van der Waals surface area contributed by atoms with E-state index in [0.717, 1.165) is 32.2 Å². The standard InChI is InChI=1S/C15H20N4O4/c20-13(21)9-19-7-5-12(17-19)16-14(22)11-2-1-6-18(8-11)15(23)10-3-4-10/h5,7,10-11H,1-4,6,8-9H2,(H,20,21)(H,16,17,22). The van der Waals surface area contributed by atoms with Gasteiger partial charge in [-0.05, 0) is 25.7 Å². The zero-order valence-corrected chi connectivity index (χ0v) is 12.8. The molecule has 1 saturated heterocycles. The fourth-order valence-electron chi connectivity index (χ4n) is 2.86. The molecule has 0 radical (unpaired) electrons. The predicted octanol–water partition coefficient (Wildman–Crippen LogP) is 0.555. The molecule has 1 saturated carbocycles. The predicted molar refractivity (Wildman–Crippen MR) is 80.5 cm³/mol. The third kappa shape index (κ3) is 3.88. The highest BCUT2D eigenvalue weighted by Crippen LogP contribution is 2.32. The molecule has 0 spiro atoms. The quantitative estimate of drug-likeness (QED) is 0.824. The van der Waals surface area contributed by atoms with E-state index in [2.05, 4.69) is 10.4 Å². The maximum atomic E-state index is 12.3. The van der Waals surface area contributed by atoms with Crippen molar-refractivity contribution >= 4 is 23.6 Å². The highest BCUT2D eigenvalue weighted by Gasteiger charge is 2.36. The van der Waals surface area contributed by atoms with Crippen LogP contribution >= 0.6 is 0 Å². The van der Waals surface area contributed by atoms with Crippen LogP contribution < -0.4 is 5.32 Å². The monoisotopic (exact) mass is 320 g/mol. The van der Waals surface area contributed by atoms with E-state index in [-0.39, 0.29) is 30.2 Å². The Hall–Kier alpha value is -2.38. The van der Waals surface area contributed by atoms with Crippen molar-refractivity contribution in [2.75, 3.05) is 18.4 Å². The molecule has 1 aliphatic heterocycles. The van der Waals surface area contributed by atoms with Gasteiger partial charge in [0.1, 0.15) is 6.54 Å². The van der Waals surface area contributed by atoms with E-state index in [9.17, 15) is 14.4 Å². The Morgan fingerprint density at radius 1 is 1.26 bits per heavy atom. The molecule has 2 fully saturated rings. The lowest BCUT2D eigenvalue weighted by molar-refractivity contribution is -0.138. The number of hydrogen-bond acceptors (Lipinski definition) is 4. The topological polar surface area (TPSA) is 105 Å². The molecule has 2 amide bonds. The average molecular weight is 320 g/mol. The van der Waals surface area contributed by atoms with Gasteiger partial charge in [0.05, 0.1) is 5.92 Å². The van der Waals surface area contributed by atoms with Crippen molar-refractivity contribution in [3.05, 3.63) is 12.3 Å². The number of piperidine rings is 1. The third-order valence-corrected chi connectivity index (χ3v) is 4.22. The number of carbonyl (C=O) groups is 3. The summed E-state index contributed by atoms with van der Waals surface area (Å²) in [6.45, 7) is 0.937. The zero-order valence-electron chi connectivity index (χ0n) is 12.8. The number of carboxylic acids is 1. The van der Waals surface area contributed by atoms with Crippen LogP contribution in [0.15, 0.2) is 12.3 Å². The molecule has 1 aromatic heterocycles. The van der Waals surface area contributed by atoms with Gasteiger partial charge in [-0.1, -0.05) is 0 Å².